The molecule has 3 N–H and O–H groups in total. The third-order valence-corrected chi connectivity index (χ3v) is 8.12. The summed E-state index contributed by atoms with van der Waals surface area (Å²) in [7, 11) is 0. The highest BCUT2D eigenvalue weighted by Crippen LogP contribution is 2.46. The van der Waals surface area contributed by atoms with Gasteiger partial charge in [-0.25, -0.2) is 18.3 Å². The normalized spacial score (nSPS) is 19.1. The van der Waals surface area contributed by atoms with Crippen molar-refractivity contribution >= 4 is 17.5 Å². The molecule has 0 aromatic carbocycles. The van der Waals surface area contributed by atoms with E-state index in [4.69, 9.17) is 5.73 Å². The van der Waals surface area contributed by atoms with Gasteiger partial charge in [-0.3, -0.25) is 14.6 Å². The zero-order chi connectivity index (χ0) is 32.0. The molecule has 44 heavy (non-hydrogen) atoms. The van der Waals surface area contributed by atoms with Crippen molar-refractivity contribution in [2.45, 2.75) is 81.6 Å². The molecule has 0 saturated heterocycles. The molecule has 2 amide bonds. The smallest absolute Gasteiger partial charge is 0.366 e. The summed E-state index contributed by atoms with van der Waals surface area (Å²) < 4.78 is 108. The van der Waals surface area contributed by atoms with E-state index in [1.165, 1.54) is 16.9 Å². The van der Waals surface area contributed by atoms with Gasteiger partial charge in [0.15, 0.2) is 5.65 Å². The summed E-state index contributed by atoms with van der Waals surface area (Å²) in [5.41, 5.74) is 4.54. The van der Waals surface area contributed by atoms with Gasteiger partial charge in [0.1, 0.15) is 0 Å². The van der Waals surface area contributed by atoms with Crippen LogP contribution in [0.15, 0.2) is 30.7 Å². The first-order chi connectivity index (χ1) is 20.5. The molecule has 0 spiro atoms. The van der Waals surface area contributed by atoms with Crippen LogP contribution in [0, 0.1) is 11.8 Å². The van der Waals surface area contributed by atoms with Crippen molar-refractivity contribution in [3.63, 3.8) is 0 Å². The molecule has 0 bridgehead atoms. The van der Waals surface area contributed by atoms with Crippen LogP contribution in [0.4, 0.5) is 35.1 Å². The largest absolute Gasteiger partial charge is 0.417 e. The first-order valence-electron chi connectivity index (χ1n) is 14.0. The molecule has 0 aliphatic heterocycles. The Morgan fingerprint density at radius 1 is 1.02 bits per heavy atom. The van der Waals surface area contributed by atoms with Gasteiger partial charge in [-0.05, 0) is 55.2 Å². The molecule has 2 saturated carbocycles. The number of fused-ring (bicyclic) bond motifs is 1. The van der Waals surface area contributed by atoms with E-state index in [9.17, 15) is 44.7 Å². The minimum absolute atomic E-state index is 0.0188. The SMILES string of the molecule is NC(=O)c1cc(C(F)(F)F)cnc1[C@@H](c1cn2ncc([C@H](NC(=O)CCC(F)(F)F)C3CC3)cc2n1)C1CCC(F)(F)CC1. The predicted octanol–water partition coefficient (Wildman–Crippen LogP) is 6.11. The lowest BCUT2D eigenvalue weighted by Crippen LogP contribution is -2.30. The number of amides is 2. The number of alkyl halides is 8. The second-order valence-electron chi connectivity index (χ2n) is 11.4. The molecule has 2 fully saturated rings. The zero-order valence-corrected chi connectivity index (χ0v) is 23.1. The van der Waals surface area contributed by atoms with Gasteiger partial charge >= 0.3 is 12.4 Å². The fourth-order valence-electron chi connectivity index (χ4n) is 5.71. The van der Waals surface area contributed by atoms with Crippen LogP contribution >= 0.6 is 0 Å². The molecule has 2 aliphatic rings. The maximum Gasteiger partial charge on any atom is 0.417 e. The zero-order valence-electron chi connectivity index (χ0n) is 23.1. The van der Waals surface area contributed by atoms with Gasteiger partial charge in [-0.1, -0.05) is 0 Å². The fourth-order valence-corrected chi connectivity index (χ4v) is 5.71. The summed E-state index contributed by atoms with van der Waals surface area (Å²) in [5.74, 6) is -6.45. The number of aromatic nitrogens is 4. The summed E-state index contributed by atoms with van der Waals surface area (Å²) in [6.07, 6.45) is -7.42. The second kappa shape index (κ2) is 11.6. The number of carbonyl (C=O) groups is 2. The van der Waals surface area contributed by atoms with Crippen molar-refractivity contribution < 1.29 is 44.7 Å². The Hall–Kier alpha value is -3.85. The molecule has 3 heterocycles. The lowest BCUT2D eigenvalue weighted by molar-refractivity contribution is -0.144. The van der Waals surface area contributed by atoms with Crippen molar-refractivity contribution in [1.29, 1.82) is 0 Å². The standard InChI is InChI=1S/C28H28F8N6O2/c29-26(30)6-3-14(4-7-26)22(24-18(25(37)44)10-17(12-38-24)28(34,35)36)19-13-42-20(40-19)9-16(11-39-42)23(15-1-2-15)41-21(43)5-8-27(31,32)33/h9-15,22-23H,1-8H2,(H2,37,44)(H,41,43)/t22-,23-/m1/s1. The quantitative estimate of drug-likeness (QED) is 0.277. The van der Waals surface area contributed by atoms with Crippen LogP contribution in [0.1, 0.15) is 96.2 Å². The Labute approximate surface area is 245 Å². The first-order valence-corrected chi connectivity index (χ1v) is 14.0. The molecule has 8 nitrogen and oxygen atoms in total. The van der Waals surface area contributed by atoms with E-state index in [0.29, 0.717) is 17.8 Å². The van der Waals surface area contributed by atoms with Crippen LogP contribution in [0.3, 0.4) is 0 Å². The van der Waals surface area contributed by atoms with Crippen molar-refractivity contribution in [1.82, 2.24) is 24.9 Å². The van der Waals surface area contributed by atoms with Gasteiger partial charge in [-0.15, -0.1) is 0 Å². The highest BCUT2D eigenvalue weighted by atomic mass is 19.4. The van der Waals surface area contributed by atoms with Gasteiger partial charge < -0.3 is 11.1 Å². The van der Waals surface area contributed by atoms with Crippen molar-refractivity contribution in [3.05, 3.63) is 58.8 Å². The number of hydrogen-bond acceptors (Lipinski definition) is 5. The lowest BCUT2D eigenvalue weighted by Gasteiger charge is -2.33. The lowest BCUT2D eigenvalue weighted by atomic mass is 9.75. The van der Waals surface area contributed by atoms with E-state index >= 15 is 0 Å². The summed E-state index contributed by atoms with van der Waals surface area (Å²) in [5, 5.41) is 6.96. The fraction of sp³-hybridized carbons (Fsp3) is 0.536. The molecular weight excluding hydrogens is 604 g/mol. The number of nitrogens with zero attached hydrogens (tertiary/aromatic N) is 4. The summed E-state index contributed by atoms with van der Waals surface area (Å²) in [6, 6.07) is 1.54. The maximum atomic E-state index is 14.1. The molecule has 2 atom stereocenters. The number of hydrogen-bond donors (Lipinski definition) is 2. The molecule has 3 aromatic heterocycles. The second-order valence-corrected chi connectivity index (χ2v) is 11.4. The van der Waals surface area contributed by atoms with E-state index < -0.39 is 84.8 Å². The van der Waals surface area contributed by atoms with Gasteiger partial charge in [0, 0.05) is 31.4 Å². The van der Waals surface area contributed by atoms with Crippen LogP contribution < -0.4 is 11.1 Å². The number of halogens is 8. The Bertz CT molecular complexity index is 1540. The average molecular weight is 633 g/mol. The molecule has 2 aliphatic carbocycles. The number of imidazole rings is 1. The highest BCUT2D eigenvalue weighted by molar-refractivity contribution is 5.94. The number of nitrogens with two attached hydrogens (primary N) is 1. The molecule has 3 aromatic rings. The van der Waals surface area contributed by atoms with Gasteiger partial charge in [0.05, 0.1) is 47.4 Å². The van der Waals surface area contributed by atoms with Crippen LogP contribution in [-0.4, -0.2) is 43.5 Å². The number of rotatable bonds is 9. The molecular formula is C28H28F8N6O2. The number of pyridine rings is 1. The van der Waals surface area contributed by atoms with E-state index in [1.807, 2.05) is 0 Å². The maximum absolute atomic E-state index is 14.1. The monoisotopic (exact) mass is 632 g/mol. The van der Waals surface area contributed by atoms with E-state index in [2.05, 4.69) is 20.4 Å². The van der Waals surface area contributed by atoms with Crippen molar-refractivity contribution in [3.8, 4) is 0 Å². The van der Waals surface area contributed by atoms with E-state index in [1.54, 1.807) is 6.07 Å². The average Bonchev–Trinajstić information content (AvgIpc) is 3.69. The van der Waals surface area contributed by atoms with E-state index in [0.717, 1.165) is 12.8 Å². The molecule has 16 heteroatoms. The summed E-state index contributed by atoms with van der Waals surface area (Å²) in [4.78, 5) is 33.2. The highest BCUT2D eigenvalue weighted by Gasteiger charge is 2.42. The summed E-state index contributed by atoms with van der Waals surface area (Å²) in [6.45, 7) is 0. The minimum Gasteiger partial charge on any atom is -0.366 e. The molecule has 238 valence electrons. The Morgan fingerprint density at radius 2 is 1.70 bits per heavy atom. The third kappa shape index (κ3) is 7.26. The Morgan fingerprint density at radius 3 is 2.30 bits per heavy atom. The van der Waals surface area contributed by atoms with Crippen LogP contribution in [0.25, 0.3) is 5.65 Å². The van der Waals surface area contributed by atoms with Crippen LogP contribution in [-0.2, 0) is 11.0 Å². The minimum atomic E-state index is -4.82. The van der Waals surface area contributed by atoms with Crippen molar-refractivity contribution in [2.24, 2.45) is 17.6 Å². The van der Waals surface area contributed by atoms with Crippen molar-refractivity contribution in [2.75, 3.05) is 0 Å². The number of carbonyl (C=O) groups excluding carboxylic acids is 2. The van der Waals surface area contributed by atoms with E-state index in [-0.39, 0.29) is 35.8 Å². The molecule has 0 radical (unpaired) electrons. The predicted molar refractivity (Wildman–Crippen MR) is 138 cm³/mol. The summed E-state index contributed by atoms with van der Waals surface area (Å²) >= 11 is 0. The first kappa shape index (κ1) is 31.6. The topological polar surface area (TPSA) is 115 Å². The number of primary amides is 1. The molecule has 5 rings (SSSR count). The number of nitrogens with one attached hydrogen (secondary N) is 1. The van der Waals surface area contributed by atoms with Gasteiger partial charge in [-0.2, -0.15) is 31.4 Å². The molecule has 0 unspecified atom stereocenters. The third-order valence-electron chi connectivity index (χ3n) is 8.12. The van der Waals surface area contributed by atoms with Crippen LogP contribution in [0.5, 0.6) is 0 Å². The Balaban J connectivity index is 1.51. The Kier molecular flexibility index (Phi) is 8.31. The van der Waals surface area contributed by atoms with Gasteiger partial charge in [0.2, 0.25) is 11.8 Å². The van der Waals surface area contributed by atoms with Crippen LogP contribution in [0.2, 0.25) is 0 Å². The van der Waals surface area contributed by atoms with Gasteiger partial charge in [0.25, 0.3) is 5.91 Å².